The summed E-state index contributed by atoms with van der Waals surface area (Å²) in [5, 5.41) is 10.5. The Labute approximate surface area is 167 Å². The highest BCUT2D eigenvalue weighted by molar-refractivity contribution is 7.80. The van der Waals surface area contributed by atoms with Crippen LogP contribution in [0.25, 0.3) is 0 Å². The van der Waals surface area contributed by atoms with Gasteiger partial charge in [0.1, 0.15) is 5.75 Å². The Morgan fingerprint density at radius 2 is 1.79 bits per heavy atom. The van der Waals surface area contributed by atoms with Crippen LogP contribution in [0, 0.1) is 13.8 Å². The number of halogens is 2. The molecule has 3 aromatic rings. The largest absolute Gasteiger partial charge is 0.433 e. The highest BCUT2D eigenvalue weighted by Crippen LogP contribution is 2.27. The number of nitrogens with zero attached hydrogens (tertiary/aromatic N) is 2. The molecule has 28 heavy (non-hydrogen) atoms. The Balaban J connectivity index is 1.63. The second-order valence-corrected chi connectivity index (χ2v) is 6.75. The predicted molar refractivity (Wildman–Crippen MR) is 110 cm³/mol. The summed E-state index contributed by atoms with van der Waals surface area (Å²) in [6, 6.07) is 14.9. The molecule has 0 fully saturated rings. The van der Waals surface area contributed by atoms with Crippen molar-refractivity contribution in [3.8, 4) is 5.75 Å². The molecule has 2 N–H and O–H groups in total. The third-order valence-corrected chi connectivity index (χ3v) is 4.15. The van der Waals surface area contributed by atoms with Gasteiger partial charge in [0.15, 0.2) is 10.9 Å². The van der Waals surface area contributed by atoms with Gasteiger partial charge in [-0.3, -0.25) is 4.68 Å². The topological polar surface area (TPSA) is 51.1 Å². The van der Waals surface area contributed by atoms with Gasteiger partial charge in [-0.2, -0.15) is 13.9 Å². The summed E-state index contributed by atoms with van der Waals surface area (Å²) in [4.78, 5) is 0. The van der Waals surface area contributed by atoms with Gasteiger partial charge >= 0.3 is 6.61 Å². The van der Waals surface area contributed by atoms with E-state index in [4.69, 9.17) is 12.2 Å². The number of aromatic nitrogens is 2. The Morgan fingerprint density at radius 3 is 2.50 bits per heavy atom. The quantitative estimate of drug-likeness (QED) is 0.571. The molecule has 0 spiro atoms. The fourth-order valence-corrected chi connectivity index (χ4v) is 2.81. The van der Waals surface area contributed by atoms with Crippen LogP contribution in [0.2, 0.25) is 0 Å². The van der Waals surface area contributed by atoms with Crippen molar-refractivity contribution in [3.63, 3.8) is 0 Å². The maximum Gasteiger partial charge on any atom is 0.387 e. The second kappa shape index (κ2) is 8.79. The Hall–Kier alpha value is -3.00. The minimum atomic E-state index is -2.92. The predicted octanol–water partition coefficient (Wildman–Crippen LogP) is 4.96. The molecule has 146 valence electrons. The highest BCUT2D eigenvalue weighted by Gasteiger charge is 2.12. The average molecular weight is 402 g/mol. The van der Waals surface area contributed by atoms with E-state index in [0.29, 0.717) is 18.1 Å². The summed E-state index contributed by atoms with van der Waals surface area (Å²) in [5.74, 6) is 0.581. The third-order valence-electron chi connectivity index (χ3n) is 3.95. The van der Waals surface area contributed by atoms with Crippen LogP contribution in [0.4, 0.5) is 20.3 Å². The van der Waals surface area contributed by atoms with E-state index in [1.165, 1.54) is 11.6 Å². The molecule has 0 aliphatic heterocycles. The smallest absolute Gasteiger partial charge is 0.387 e. The first kappa shape index (κ1) is 19.8. The lowest BCUT2D eigenvalue weighted by Crippen LogP contribution is -2.20. The van der Waals surface area contributed by atoms with Crippen molar-refractivity contribution in [2.24, 2.45) is 0 Å². The third kappa shape index (κ3) is 5.50. The number of aryl methyl sites for hydroxylation is 2. The summed E-state index contributed by atoms with van der Waals surface area (Å²) in [5.41, 5.74) is 3.49. The maximum absolute atomic E-state index is 12.6. The molecule has 0 unspecified atom stereocenters. The van der Waals surface area contributed by atoms with Crippen LogP contribution in [0.3, 0.4) is 0 Å². The van der Waals surface area contributed by atoms with E-state index < -0.39 is 6.61 Å². The SMILES string of the molecule is Cc1ccc(Cn2ccc(NC(=S)Nc3ccc(C)cc3OC(F)F)n2)cc1. The molecule has 0 saturated heterocycles. The van der Waals surface area contributed by atoms with Crippen LogP contribution in [-0.2, 0) is 6.54 Å². The molecule has 0 bridgehead atoms. The first-order chi connectivity index (χ1) is 13.4. The van der Waals surface area contributed by atoms with Crippen molar-refractivity contribution in [3.05, 3.63) is 71.4 Å². The van der Waals surface area contributed by atoms with Gasteiger partial charge in [0.2, 0.25) is 0 Å². The number of hydrogen-bond donors (Lipinski definition) is 2. The number of thiocarbonyl (C=S) groups is 1. The zero-order chi connectivity index (χ0) is 20.1. The number of benzene rings is 2. The lowest BCUT2D eigenvalue weighted by molar-refractivity contribution is -0.0493. The monoisotopic (exact) mass is 402 g/mol. The van der Waals surface area contributed by atoms with Gasteiger partial charge in [-0.15, -0.1) is 0 Å². The van der Waals surface area contributed by atoms with Crippen molar-refractivity contribution in [2.75, 3.05) is 10.6 Å². The Morgan fingerprint density at radius 1 is 1.07 bits per heavy atom. The lowest BCUT2D eigenvalue weighted by Gasteiger charge is -2.14. The molecule has 1 heterocycles. The van der Waals surface area contributed by atoms with Crippen LogP contribution >= 0.6 is 12.2 Å². The standard InChI is InChI=1S/C20H20F2N4OS/c1-13-3-6-15(7-4-13)12-26-10-9-18(25-26)24-20(28)23-16-8-5-14(2)11-17(16)27-19(21)22/h3-11,19H,12H2,1-2H3,(H2,23,24,25,28). The number of rotatable bonds is 6. The Bertz CT molecular complexity index is 957. The summed E-state index contributed by atoms with van der Waals surface area (Å²) in [7, 11) is 0. The molecule has 0 saturated carbocycles. The van der Waals surface area contributed by atoms with Gasteiger partial charge in [0.25, 0.3) is 0 Å². The van der Waals surface area contributed by atoms with E-state index in [2.05, 4.69) is 44.7 Å². The van der Waals surface area contributed by atoms with Crippen LogP contribution in [-0.4, -0.2) is 21.5 Å². The summed E-state index contributed by atoms with van der Waals surface area (Å²) in [6.45, 7) is 1.55. The molecular formula is C20H20F2N4OS. The molecule has 8 heteroatoms. The summed E-state index contributed by atoms with van der Waals surface area (Å²) < 4.78 is 31.6. The van der Waals surface area contributed by atoms with Crippen LogP contribution in [0.15, 0.2) is 54.7 Å². The maximum atomic E-state index is 12.6. The van der Waals surface area contributed by atoms with Gasteiger partial charge < -0.3 is 15.4 Å². The number of anilines is 2. The number of hydrogen-bond acceptors (Lipinski definition) is 3. The van der Waals surface area contributed by atoms with Crippen LogP contribution in [0.5, 0.6) is 5.75 Å². The molecule has 5 nitrogen and oxygen atoms in total. The molecule has 0 atom stereocenters. The number of nitrogens with one attached hydrogen (secondary N) is 2. The van der Waals surface area contributed by atoms with E-state index in [-0.39, 0.29) is 10.9 Å². The molecule has 1 aromatic heterocycles. The first-order valence-corrected chi connectivity index (χ1v) is 9.02. The average Bonchev–Trinajstić information content (AvgIpc) is 3.05. The Kier molecular flexibility index (Phi) is 6.20. The van der Waals surface area contributed by atoms with Crippen molar-refractivity contribution in [1.82, 2.24) is 9.78 Å². The minimum Gasteiger partial charge on any atom is -0.433 e. The van der Waals surface area contributed by atoms with Crippen LogP contribution in [0.1, 0.15) is 16.7 Å². The summed E-state index contributed by atoms with van der Waals surface area (Å²) in [6.07, 6.45) is 1.84. The van der Waals surface area contributed by atoms with E-state index in [0.717, 1.165) is 11.1 Å². The fraction of sp³-hybridized carbons (Fsp3) is 0.200. The highest BCUT2D eigenvalue weighted by atomic mass is 32.1. The molecule has 0 amide bonds. The van der Waals surface area contributed by atoms with E-state index >= 15 is 0 Å². The van der Waals surface area contributed by atoms with Gasteiger partial charge in [-0.25, -0.2) is 0 Å². The number of ether oxygens (including phenoxy) is 1. The zero-order valence-electron chi connectivity index (χ0n) is 15.4. The lowest BCUT2D eigenvalue weighted by atomic mass is 10.1. The normalized spacial score (nSPS) is 10.8. The van der Waals surface area contributed by atoms with Crippen molar-refractivity contribution >= 4 is 28.8 Å². The minimum absolute atomic E-state index is 0.0315. The fourth-order valence-electron chi connectivity index (χ4n) is 2.59. The molecule has 0 radical (unpaired) electrons. The van der Waals surface area contributed by atoms with Crippen molar-refractivity contribution < 1.29 is 13.5 Å². The van der Waals surface area contributed by atoms with Crippen LogP contribution < -0.4 is 15.4 Å². The molecule has 0 aliphatic rings. The van der Waals surface area contributed by atoms with E-state index in [1.54, 1.807) is 29.8 Å². The molecule has 0 aliphatic carbocycles. The number of alkyl halides is 2. The van der Waals surface area contributed by atoms with E-state index in [9.17, 15) is 8.78 Å². The van der Waals surface area contributed by atoms with Gasteiger partial charge in [-0.05, 0) is 49.3 Å². The zero-order valence-corrected chi connectivity index (χ0v) is 16.3. The van der Waals surface area contributed by atoms with Gasteiger partial charge in [-0.1, -0.05) is 35.9 Å². The van der Waals surface area contributed by atoms with Gasteiger partial charge in [0.05, 0.1) is 12.2 Å². The summed E-state index contributed by atoms with van der Waals surface area (Å²) >= 11 is 5.26. The molecule has 3 rings (SSSR count). The van der Waals surface area contributed by atoms with Gasteiger partial charge in [0, 0.05) is 12.3 Å². The first-order valence-electron chi connectivity index (χ1n) is 8.61. The van der Waals surface area contributed by atoms with E-state index in [1.807, 2.05) is 13.1 Å². The molecule has 2 aromatic carbocycles. The van der Waals surface area contributed by atoms with Crippen molar-refractivity contribution in [1.29, 1.82) is 0 Å². The second-order valence-electron chi connectivity index (χ2n) is 6.34. The molecular weight excluding hydrogens is 382 g/mol. The van der Waals surface area contributed by atoms with Crippen molar-refractivity contribution in [2.45, 2.75) is 27.0 Å².